The van der Waals surface area contributed by atoms with E-state index in [1.807, 2.05) is 0 Å². The third kappa shape index (κ3) is 3.20. The van der Waals surface area contributed by atoms with Crippen LogP contribution >= 0.6 is 11.6 Å². The Morgan fingerprint density at radius 1 is 1.50 bits per heavy atom. The summed E-state index contributed by atoms with van der Waals surface area (Å²) in [5.74, 6) is -1.14. The maximum atomic E-state index is 11.0. The number of carbonyl (C=O) groups excluding carboxylic acids is 1. The Balaban J connectivity index is 3.00. The second-order valence-electron chi connectivity index (χ2n) is 3.16. The van der Waals surface area contributed by atoms with Gasteiger partial charge in [0.2, 0.25) is 11.6 Å². The molecule has 0 aliphatic rings. The zero-order chi connectivity index (χ0) is 13.7. The molecule has 0 heterocycles. The number of nitrogens with zero attached hydrogens (tertiary/aromatic N) is 2. The Hall–Kier alpha value is -2.59. The van der Waals surface area contributed by atoms with Crippen LogP contribution in [-0.4, -0.2) is 17.5 Å². The Morgan fingerprint density at radius 3 is 2.67 bits per heavy atom. The molecule has 7 nitrogen and oxygen atoms in total. The third-order valence-electron chi connectivity index (χ3n) is 1.89. The second kappa shape index (κ2) is 5.65. The van der Waals surface area contributed by atoms with E-state index in [4.69, 9.17) is 33.7 Å². The van der Waals surface area contributed by atoms with Gasteiger partial charge in [-0.15, -0.1) is 0 Å². The number of nitriles is 1. The number of hydrogen-bond acceptors (Lipinski definition) is 5. The van der Waals surface area contributed by atoms with Crippen LogP contribution in [0, 0.1) is 16.7 Å². The first kappa shape index (κ1) is 13.5. The molecule has 92 valence electrons. The lowest BCUT2D eigenvalue weighted by molar-refractivity contribution is 0.100. The zero-order valence-corrected chi connectivity index (χ0v) is 9.82. The number of amidine groups is 1. The van der Waals surface area contributed by atoms with Crippen molar-refractivity contribution >= 4 is 34.7 Å². The highest BCUT2D eigenvalue weighted by atomic mass is 35.5. The number of hydrogen-bond donors (Lipinski definition) is 4. The largest absolute Gasteiger partial charge is 0.382 e. The molecule has 0 aromatic heterocycles. The van der Waals surface area contributed by atoms with Gasteiger partial charge in [0.1, 0.15) is 6.07 Å². The van der Waals surface area contributed by atoms with E-state index < -0.39 is 11.7 Å². The summed E-state index contributed by atoms with van der Waals surface area (Å²) in [6, 6.07) is 6.01. The molecule has 0 saturated carbocycles. The molecule has 8 heteroatoms. The maximum Gasteiger partial charge on any atom is 0.250 e. The van der Waals surface area contributed by atoms with Crippen molar-refractivity contribution in [2.75, 3.05) is 5.43 Å². The van der Waals surface area contributed by atoms with Crippen molar-refractivity contribution in [1.29, 1.82) is 10.7 Å². The summed E-state index contributed by atoms with van der Waals surface area (Å²) >= 11 is 5.76. The van der Waals surface area contributed by atoms with E-state index in [0.29, 0.717) is 5.69 Å². The van der Waals surface area contributed by atoms with Crippen LogP contribution in [0.3, 0.4) is 0 Å². The van der Waals surface area contributed by atoms with Gasteiger partial charge in [-0.25, -0.2) is 0 Å². The zero-order valence-electron chi connectivity index (χ0n) is 9.07. The highest BCUT2D eigenvalue weighted by molar-refractivity contribution is 6.45. The fourth-order valence-electron chi connectivity index (χ4n) is 1.05. The molecule has 1 rings (SSSR count). The van der Waals surface area contributed by atoms with Gasteiger partial charge < -0.3 is 11.5 Å². The fourth-order valence-corrected chi connectivity index (χ4v) is 1.26. The van der Waals surface area contributed by atoms with Gasteiger partial charge in [0.05, 0.1) is 16.3 Å². The molecule has 1 aromatic rings. The fraction of sp³-hybridized carbons (Fsp3) is 0. The van der Waals surface area contributed by atoms with Gasteiger partial charge in [-0.1, -0.05) is 11.6 Å². The molecule has 0 unspecified atom stereocenters. The van der Waals surface area contributed by atoms with E-state index in [1.165, 1.54) is 18.2 Å². The van der Waals surface area contributed by atoms with Crippen LogP contribution in [0.25, 0.3) is 0 Å². The van der Waals surface area contributed by atoms with Gasteiger partial charge in [0.15, 0.2) is 5.84 Å². The van der Waals surface area contributed by atoms with Crippen molar-refractivity contribution in [2.24, 2.45) is 16.6 Å². The van der Waals surface area contributed by atoms with Crippen LogP contribution in [0.4, 0.5) is 5.69 Å². The van der Waals surface area contributed by atoms with Crippen LogP contribution in [0.15, 0.2) is 23.3 Å². The van der Waals surface area contributed by atoms with Gasteiger partial charge in [0.25, 0.3) is 0 Å². The molecule has 0 aliphatic carbocycles. The standard InChI is InChI=1S/C10H9ClN6O/c11-7-2-1-5(3-6(7)10(15)18)16-17-8(4-12)9(13)14/h1-3,16H,(H3,13,14)(H2,15,18)/b17-8+. The van der Waals surface area contributed by atoms with E-state index in [2.05, 4.69) is 10.5 Å². The van der Waals surface area contributed by atoms with E-state index in [1.54, 1.807) is 6.07 Å². The maximum absolute atomic E-state index is 11.0. The van der Waals surface area contributed by atoms with Crippen LogP contribution in [-0.2, 0) is 0 Å². The number of primary amides is 1. The second-order valence-corrected chi connectivity index (χ2v) is 3.56. The van der Waals surface area contributed by atoms with Crippen molar-refractivity contribution < 1.29 is 4.79 Å². The number of halogens is 1. The third-order valence-corrected chi connectivity index (χ3v) is 2.22. The van der Waals surface area contributed by atoms with Crippen molar-refractivity contribution in [3.8, 4) is 6.07 Å². The number of rotatable bonds is 4. The Labute approximate surface area is 108 Å². The molecule has 1 amide bonds. The summed E-state index contributed by atoms with van der Waals surface area (Å²) in [5.41, 5.74) is 12.9. The Morgan fingerprint density at radius 2 is 2.17 bits per heavy atom. The van der Waals surface area contributed by atoms with Gasteiger partial charge in [-0.3, -0.25) is 15.6 Å². The first-order valence-corrected chi connectivity index (χ1v) is 5.01. The van der Waals surface area contributed by atoms with Gasteiger partial charge in [-0.2, -0.15) is 10.4 Å². The Bertz CT molecular complexity index is 574. The van der Waals surface area contributed by atoms with Crippen molar-refractivity contribution in [3.05, 3.63) is 28.8 Å². The van der Waals surface area contributed by atoms with E-state index in [-0.39, 0.29) is 16.3 Å². The van der Waals surface area contributed by atoms with Gasteiger partial charge in [-0.05, 0) is 18.2 Å². The normalized spacial score (nSPS) is 10.6. The topological polar surface area (TPSA) is 141 Å². The van der Waals surface area contributed by atoms with Crippen molar-refractivity contribution in [1.82, 2.24) is 0 Å². The van der Waals surface area contributed by atoms with Crippen LogP contribution in [0.2, 0.25) is 5.02 Å². The van der Waals surface area contributed by atoms with E-state index in [0.717, 1.165) is 0 Å². The molecule has 0 atom stereocenters. The number of hydrazone groups is 1. The monoisotopic (exact) mass is 264 g/mol. The summed E-state index contributed by atoms with van der Waals surface area (Å²) in [4.78, 5) is 11.0. The first-order chi connectivity index (χ1) is 8.45. The minimum atomic E-state index is -0.681. The van der Waals surface area contributed by atoms with Crippen LogP contribution in [0.1, 0.15) is 10.4 Å². The van der Waals surface area contributed by atoms with Gasteiger partial charge >= 0.3 is 0 Å². The molecule has 0 saturated heterocycles. The molecular weight excluding hydrogens is 256 g/mol. The Kier molecular flexibility index (Phi) is 4.23. The SMILES string of the molecule is N#C/C(=N\Nc1ccc(Cl)c(C(N)=O)c1)C(=N)N. The number of nitrogens with one attached hydrogen (secondary N) is 2. The highest BCUT2D eigenvalue weighted by Crippen LogP contribution is 2.20. The summed E-state index contributed by atoms with van der Waals surface area (Å²) in [6.07, 6.45) is 0. The minimum Gasteiger partial charge on any atom is -0.382 e. The number of carbonyl (C=O) groups is 1. The molecule has 0 fully saturated rings. The molecule has 1 aromatic carbocycles. The van der Waals surface area contributed by atoms with Crippen molar-refractivity contribution in [3.63, 3.8) is 0 Å². The molecule has 0 radical (unpaired) electrons. The molecule has 0 spiro atoms. The molecule has 18 heavy (non-hydrogen) atoms. The smallest absolute Gasteiger partial charge is 0.250 e. The summed E-state index contributed by atoms with van der Waals surface area (Å²) in [5, 5.41) is 19.5. The molecular formula is C10H9ClN6O. The first-order valence-electron chi connectivity index (χ1n) is 4.63. The van der Waals surface area contributed by atoms with Crippen LogP contribution < -0.4 is 16.9 Å². The van der Waals surface area contributed by atoms with Gasteiger partial charge in [0, 0.05) is 0 Å². The summed E-state index contributed by atoms with van der Waals surface area (Å²) in [6.45, 7) is 0. The highest BCUT2D eigenvalue weighted by Gasteiger charge is 2.07. The predicted molar refractivity (Wildman–Crippen MR) is 68.6 cm³/mol. The number of benzene rings is 1. The molecule has 6 N–H and O–H groups in total. The molecule has 0 aliphatic heterocycles. The summed E-state index contributed by atoms with van der Waals surface area (Å²) < 4.78 is 0. The summed E-state index contributed by atoms with van der Waals surface area (Å²) in [7, 11) is 0. The average molecular weight is 265 g/mol. The number of nitrogens with two attached hydrogens (primary N) is 2. The minimum absolute atomic E-state index is 0.123. The average Bonchev–Trinajstić information content (AvgIpc) is 2.31. The van der Waals surface area contributed by atoms with E-state index >= 15 is 0 Å². The number of amides is 1. The lowest BCUT2D eigenvalue weighted by Gasteiger charge is -2.04. The van der Waals surface area contributed by atoms with Crippen LogP contribution in [0.5, 0.6) is 0 Å². The molecule has 0 bridgehead atoms. The quantitative estimate of drug-likeness (QED) is 0.360. The van der Waals surface area contributed by atoms with E-state index in [9.17, 15) is 4.79 Å². The lowest BCUT2D eigenvalue weighted by atomic mass is 10.2. The predicted octanol–water partition coefficient (Wildman–Crippen LogP) is 0.666. The lowest BCUT2D eigenvalue weighted by Crippen LogP contribution is -2.21. The van der Waals surface area contributed by atoms with Crippen molar-refractivity contribution in [2.45, 2.75) is 0 Å². The number of anilines is 1.